The number of rotatable bonds is 2. The second-order valence-corrected chi connectivity index (χ2v) is 4.91. The van der Waals surface area contributed by atoms with Crippen molar-refractivity contribution in [2.24, 2.45) is 0 Å². The highest BCUT2D eigenvalue weighted by atomic mass is 79.9. The molecule has 86 valence electrons. The lowest BCUT2D eigenvalue weighted by atomic mass is 10.2. The summed E-state index contributed by atoms with van der Waals surface area (Å²) in [5.41, 5.74) is 2.15. The third kappa shape index (κ3) is 1.99. The number of hydrogen-bond acceptors (Lipinski definition) is 2. The number of anilines is 1. The first kappa shape index (κ1) is 11.6. The quantitative estimate of drug-likeness (QED) is 0.901. The topological polar surface area (TPSA) is 32.3 Å². The minimum absolute atomic E-state index is 0.0277. The van der Waals surface area contributed by atoms with Gasteiger partial charge in [-0.25, -0.2) is 0 Å². The summed E-state index contributed by atoms with van der Waals surface area (Å²) < 4.78 is 1.05. The van der Waals surface area contributed by atoms with Gasteiger partial charge in [0.2, 0.25) is 5.91 Å². The number of benzene rings is 1. The molecule has 0 spiro atoms. The van der Waals surface area contributed by atoms with Crippen LogP contribution < -0.4 is 10.2 Å². The molecule has 3 nitrogen and oxygen atoms in total. The van der Waals surface area contributed by atoms with Crippen LogP contribution in [0.4, 0.5) is 5.69 Å². The molecule has 0 aromatic heterocycles. The van der Waals surface area contributed by atoms with E-state index in [0.29, 0.717) is 0 Å². The summed E-state index contributed by atoms with van der Waals surface area (Å²) in [4.78, 5) is 13.8. The van der Waals surface area contributed by atoms with Gasteiger partial charge in [-0.1, -0.05) is 22.0 Å². The molecule has 16 heavy (non-hydrogen) atoms. The van der Waals surface area contributed by atoms with Crippen LogP contribution in [-0.4, -0.2) is 25.5 Å². The zero-order valence-electron chi connectivity index (χ0n) is 9.46. The van der Waals surface area contributed by atoms with Crippen LogP contribution in [0.25, 0.3) is 0 Å². The average molecular weight is 283 g/mol. The lowest BCUT2D eigenvalue weighted by molar-refractivity contribution is -0.118. The minimum atomic E-state index is -0.0277. The van der Waals surface area contributed by atoms with Gasteiger partial charge in [-0.15, -0.1) is 0 Å². The molecule has 1 aromatic rings. The molecule has 0 aliphatic carbocycles. The highest BCUT2D eigenvalue weighted by Crippen LogP contribution is 2.26. The zero-order chi connectivity index (χ0) is 11.7. The van der Waals surface area contributed by atoms with Crippen LogP contribution in [0.1, 0.15) is 12.0 Å². The Balaban J connectivity index is 2.25. The average Bonchev–Trinajstić information content (AvgIpc) is 2.64. The maximum absolute atomic E-state index is 12.0. The Morgan fingerprint density at radius 2 is 2.25 bits per heavy atom. The fourth-order valence-corrected chi connectivity index (χ4v) is 2.32. The van der Waals surface area contributed by atoms with Gasteiger partial charge in [-0.3, -0.25) is 4.79 Å². The third-order valence-electron chi connectivity index (χ3n) is 3.02. The number of likely N-dealkylation sites (N-methyl/N-ethyl adjacent to an activating group) is 1. The maximum Gasteiger partial charge on any atom is 0.244 e. The summed E-state index contributed by atoms with van der Waals surface area (Å²) >= 11 is 3.49. The molecule has 4 heteroatoms. The molecule has 0 saturated carbocycles. The van der Waals surface area contributed by atoms with Crippen LogP contribution in [0.2, 0.25) is 0 Å². The van der Waals surface area contributed by atoms with Crippen molar-refractivity contribution in [2.45, 2.75) is 19.4 Å². The normalized spacial score (nSPS) is 20.6. The summed E-state index contributed by atoms with van der Waals surface area (Å²) in [5.74, 6) is 0.165. The summed E-state index contributed by atoms with van der Waals surface area (Å²) in [6.07, 6.45) is 0.876. The first-order valence-corrected chi connectivity index (χ1v) is 6.17. The Bertz CT molecular complexity index is 419. The van der Waals surface area contributed by atoms with Crippen molar-refractivity contribution in [3.63, 3.8) is 0 Å². The lowest BCUT2D eigenvalue weighted by Crippen LogP contribution is -2.36. The number of nitrogens with one attached hydrogen (secondary N) is 1. The van der Waals surface area contributed by atoms with Crippen LogP contribution >= 0.6 is 15.9 Å². The van der Waals surface area contributed by atoms with Crippen LogP contribution in [0, 0.1) is 6.92 Å². The molecule has 1 fully saturated rings. The Morgan fingerprint density at radius 1 is 1.50 bits per heavy atom. The second kappa shape index (κ2) is 4.55. The summed E-state index contributed by atoms with van der Waals surface area (Å²) in [5, 5.41) is 3.04. The molecular weight excluding hydrogens is 268 g/mol. The highest BCUT2D eigenvalue weighted by molar-refractivity contribution is 9.10. The van der Waals surface area contributed by atoms with Gasteiger partial charge in [0.1, 0.15) is 0 Å². The van der Waals surface area contributed by atoms with Gasteiger partial charge < -0.3 is 10.2 Å². The Hall–Kier alpha value is -0.870. The van der Waals surface area contributed by atoms with E-state index in [4.69, 9.17) is 0 Å². The highest BCUT2D eigenvalue weighted by Gasteiger charge is 2.31. The van der Waals surface area contributed by atoms with E-state index in [1.54, 1.807) is 0 Å². The van der Waals surface area contributed by atoms with Gasteiger partial charge in [-0.05, 0) is 38.1 Å². The van der Waals surface area contributed by atoms with Gasteiger partial charge in [0, 0.05) is 16.7 Å². The molecule has 1 aromatic carbocycles. The molecule has 1 aliphatic rings. The minimum Gasteiger partial charge on any atom is -0.311 e. The van der Waals surface area contributed by atoms with Gasteiger partial charge in [0.25, 0.3) is 0 Å². The van der Waals surface area contributed by atoms with Gasteiger partial charge >= 0.3 is 0 Å². The van der Waals surface area contributed by atoms with Crippen molar-refractivity contribution in [3.8, 4) is 0 Å². The first-order chi connectivity index (χ1) is 7.63. The van der Waals surface area contributed by atoms with Crippen molar-refractivity contribution in [2.75, 3.05) is 18.5 Å². The van der Waals surface area contributed by atoms with E-state index in [1.165, 1.54) is 5.56 Å². The lowest BCUT2D eigenvalue weighted by Gasteiger charge is -2.17. The van der Waals surface area contributed by atoms with E-state index in [-0.39, 0.29) is 11.9 Å². The van der Waals surface area contributed by atoms with Crippen molar-refractivity contribution >= 4 is 27.5 Å². The molecular formula is C12H15BrN2O. The number of amides is 1. The summed E-state index contributed by atoms with van der Waals surface area (Å²) in [6, 6.07) is 6.00. The predicted molar refractivity (Wildman–Crippen MR) is 68.7 cm³/mol. The largest absolute Gasteiger partial charge is 0.311 e. The monoisotopic (exact) mass is 282 g/mol. The van der Waals surface area contributed by atoms with Crippen LogP contribution in [-0.2, 0) is 4.79 Å². The van der Waals surface area contributed by atoms with E-state index in [9.17, 15) is 4.79 Å². The molecule has 1 amide bonds. The molecule has 1 N–H and O–H groups in total. The van der Waals surface area contributed by atoms with Crippen molar-refractivity contribution in [3.05, 3.63) is 28.2 Å². The van der Waals surface area contributed by atoms with Crippen LogP contribution in [0.5, 0.6) is 0 Å². The van der Waals surface area contributed by atoms with Gasteiger partial charge in [0.05, 0.1) is 6.04 Å². The molecule has 1 heterocycles. The molecule has 1 atom stereocenters. The summed E-state index contributed by atoms with van der Waals surface area (Å²) in [6.45, 7) is 2.83. The maximum atomic E-state index is 12.0. The molecule has 1 saturated heterocycles. The van der Waals surface area contributed by atoms with Crippen LogP contribution in [0.15, 0.2) is 22.7 Å². The fourth-order valence-electron chi connectivity index (χ4n) is 1.95. The van der Waals surface area contributed by atoms with Crippen molar-refractivity contribution < 1.29 is 4.79 Å². The predicted octanol–water partition coefficient (Wildman–Crippen LogP) is 2.08. The molecule has 2 rings (SSSR count). The SMILES string of the molecule is CNC1CCN(c2ccc(C)c(Br)c2)C1=O. The zero-order valence-corrected chi connectivity index (χ0v) is 11.0. The van der Waals surface area contributed by atoms with Crippen molar-refractivity contribution in [1.82, 2.24) is 5.32 Å². The number of carbonyl (C=O) groups excluding carboxylic acids is 1. The summed E-state index contributed by atoms with van der Waals surface area (Å²) in [7, 11) is 1.83. The standard InChI is InChI=1S/C12H15BrN2O/c1-8-3-4-9(7-10(8)13)15-6-5-11(14-2)12(15)16/h3-4,7,11,14H,5-6H2,1-2H3. The number of carbonyl (C=O) groups is 1. The molecule has 1 aliphatic heterocycles. The van der Waals surface area contributed by atoms with E-state index in [2.05, 4.69) is 21.2 Å². The van der Waals surface area contributed by atoms with E-state index >= 15 is 0 Å². The number of hydrogen-bond donors (Lipinski definition) is 1. The Kier molecular flexibility index (Phi) is 3.30. The van der Waals surface area contributed by atoms with E-state index < -0.39 is 0 Å². The Labute approximate surface area is 104 Å². The Morgan fingerprint density at radius 3 is 2.81 bits per heavy atom. The number of aryl methyl sites for hydroxylation is 1. The molecule has 0 bridgehead atoms. The third-order valence-corrected chi connectivity index (χ3v) is 3.88. The van der Waals surface area contributed by atoms with Crippen molar-refractivity contribution in [1.29, 1.82) is 0 Å². The first-order valence-electron chi connectivity index (χ1n) is 5.38. The molecule has 1 unspecified atom stereocenters. The fraction of sp³-hybridized carbons (Fsp3) is 0.417. The smallest absolute Gasteiger partial charge is 0.244 e. The second-order valence-electron chi connectivity index (χ2n) is 4.05. The van der Waals surface area contributed by atoms with E-state index in [0.717, 1.165) is 23.1 Å². The number of nitrogens with zero attached hydrogens (tertiary/aromatic N) is 1. The van der Waals surface area contributed by atoms with E-state index in [1.807, 2.05) is 37.1 Å². The van der Waals surface area contributed by atoms with Gasteiger partial charge in [0.15, 0.2) is 0 Å². The van der Waals surface area contributed by atoms with Crippen LogP contribution in [0.3, 0.4) is 0 Å². The van der Waals surface area contributed by atoms with Gasteiger partial charge in [-0.2, -0.15) is 0 Å². The number of halogens is 1. The molecule has 0 radical (unpaired) electrons.